The highest BCUT2D eigenvalue weighted by molar-refractivity contribution is 6.07. The first kappa shape index (κ1) is 16.9. The van der Waals surface area contributed by atoms with Crippen molar-refractivity contribution in [1.82, 2.24) is 9.99 Å². The molecule has 1 aliphatic heterocycles. The summed E-state index contributed by atoms with van der Waals surface area (Å²) in [4.78, 5) is 17.0. The molecule has 5 nitrogen and oxygen atoms in total. The first-order chi connectivity index (χ1) is 13.6. The van der Waals surface area contributed by atoms with Gasteiger partial charge in [-0.25, -0.2) is 4.39 Å². The lowest BCUT2D eigenvalue weighted by Gasteiger charge is -2.19. The quantitative estimate of drug-likeness (QED) is 0.678. The van der Waals surface area contributed by atoms with E-state index in [9.17, 15) is 9.18 Å². The van der Waals surface area contributed by atoms with Gasteiger partial charge in [0.25, 0.3) is 0 Å². The molecule has 28 heavy (non-hydrogen) atoms. The topological polar surface area (TPSA) is 54.8 Å². The van der Waals surface area contributed by atoms with Gasteiger partial charge in [0.2, 0.25) is 18.0 Å². The second kappa shape index (κ2) is 6.41. The number of nitrogens with zero attached hydrogens (tertiary/aromatic N) is 3. The Kier molecular flexibility index (Phi) is 3.86. The fourth-order valence-corrected chi connectivity index (χ4v) is 3.48. The Labute approximate surface area is 161 Å². The van der Waals surface area contributed by atoms with E-state index in [1.807, 2.05) is 30.3 Å². The summed E-state index contributed by atoms with van der Waals surface area (Å²) in [5.74, 6) is 0.267. The number of benzene rings is 2. The van der Waals surface area contributed by atoms with E-state index in [-0.39, 0.29) is 11.7 Å². The van der Waals surface area contributed by atoms with Crippen molar-refractivity contribution < 1.29 is 13.9 Å². The summed E-state index contributed by atoms with van der Waals surface area (Å²) in [7, 11) is 0. The predicted octanol–water partition coefficient (Wildman–Crippen LogP) is 4.49. The third-order valence-corrected chi connectivity index (χ3v) is 5.08. The van der Waals surface area contributed by atoms with Crippen LogP contribution < -0.4 is 0 Å². The monoisotopic (exact) mass is 375 g/mol. The number of hydrazone groups is 1. The molecule has 5 rings (SSSR count). The van der Waals surface area contributed by atoms with Gasteiger partial charge in [0, 0.05) is 35.0 Å². The molecule has 1 atom stereocenters. The number of pyridine rings is 1. The van der Waals surface area contributed by atoms with Gasteiger partial charge >= 0.3 is 0 Å². The largest absolute Gasteiger partial charge is 0.446 e. The zero-order valence-electron chi connectivity index (χ0n) is 15.3. The van der Waals surface area contributed by atoms with Crippen LogP contribution in [0.5, 0.6) is 0 Å². The molecule has 140 valence electrons. The Morgan fingerprint density at radius 3 is 2.61 bits per heavy atom. The van der Waals surface area contributed by atoms with Gasteiger partial charge in [-0.05, 0) is 37.1 Å². The predicted molar refractivity (Wildman–Crippen MR) is 103 cm³/mol. The second-order valence-electron chi connectivity index (χ2n) is 7.18. The average molecular weight is 375 g/mol. The van der Waals surface area contributed by atoms with E-state index >= 15 is 0 Å². The lowest BCUT2D eigenvalue weighted by molar-refractivity contribution is -0.135. The number of halogens is 1. The van der Waals surface area contributed by atoms with Crippen LogP contribution in [0.3, 0.4) is 0 Å². The highest BCUT2D eigenvalue weighted by Gasteiger charge is 2.35. The Bertz CT molecular complexity index is 1110. The van der Waals surface area contributed by atoms with Crippen LogP contribution in [-0.2, 0) is 9.53 Å². The lowest BCUT2D eigenvalue weighted by Crippen LogP contribution is -2.25. The Hall–Kier alpha value is -3.28. The van der Waals surface area contributed by atoms with Crippen LogP contribution in [0.1, 0.15) is 48.7 Å². The van der Waals surface area contributed by atoms with Gasteiger partial charge in [-0.2, -0.15) is 5.01 Å². The summed E-state index contributed by atoms with van der Waals surface area (Å²) in [5.41, 5.74) is 3.40. The number of fused-ring (bicyclic) bond motifs is 1. The first-order valence-corrected chi connectivity index (χ1v) is 9.31. The Balaban J connectivity index is 1.60. The van der Waals surface area contributed by atoms with Crippen molar-refractivity contribution in [3.8, 4) is 0 Å². The molecule has 1 fully saturated rings. The van der Waals surface area contributed by atoms with Crippen LogP contribution in [0.2, 0.25) is 0 Å². The molecule has 0 bridgehead atoms. The van der Waals surface area contributed by atoms with Crippen molar-refractivity contribution in [1.29, 1.82) is 0 Å². The number of rotatable bonds is 3. The van der Waals surface area contributed by atoms with Crippen LogP contribution in [-0.4, -0.2) is 21.8 Å². The minimum atomic E-state index is -0.718. The molecular formula is C22H18FN3O2. The van der Waals surface area contributed by atoms with E-state index in [2.05, 4.69) is 5.10 Å². The van der Waals surface area contributed by atoms with E-state index in [0.29, 0.717) is 17.4 Å². The lowest BCUT2D eigenvalue weighted by atomic mass is 10.1. The van der Waals surface area contributed by atoms with Gasteiger partial charge in [-0.15, -0.1) is 5.10 Å². The molecule has 2 aromatic carbocycles. The van der Waals surface area contributed by atoms with E-state index in [0.717, 1.165) is 35.0 Å². The van der Waals surface area contributed by atoms with Gasteiger partial charge in [-0.1, -0.05) is 30.3 Å². The number of carbonyl (C=O) groups excluding carboxylic acids is 1. The Morgan fingerprint density at radius 1 is 1.14 bits per heavy atom. The maximum atomic E-state index is 13.3. The molecule has 3 aromatic rings. The van der Waals surface area contributed by atoms with Crippen molar-refractivity contribution in [3.63, 3.8) is 0 Å². The van der Waals surface area contributed by atoms with Gasteiger partial charge in [0.15, 0.2) is 0 Å². The van der Waals surface area contributed by atoms with E-state index in [1.54, 1.807) is 12.1 Å². The summed E-state index contributed by atoms with van der Waals surface area (Å²) in [6.07, 6.45) is 1.55. The molecule has 6 heteroatoms. The molecule has 2 heterocycles. The smallest absolute Gasteiger partial charge is 0.243 e. The highest BCUT2D eigenvalue weighted by atomic mass is 19.1. The standard InChI is InChI=1S/C22H18FN3O2/c1-13(27)26-22(15-8-10-16(23)11-9-15)28-21(25-26)18-12-20(14-6-7-14)24-19-5-3-2-4-17(18)19/h2-5,8-12,14,22H,6-7H2,1H3/t22-/m0/s1. The molecule has 0 unspecified atom stereocenters. The van der Waals surface area contributed by atoms with Crippen molar-refractivity contribution >= 4 is 22.7 Å². The molecule has 1 aliphatic carbocycles. The summed E-state index contributed by atoms with van der Waals surface area (Å²) in [6, 6.07) is 15.8. The Morgan fingerprint density at radius 2 is 1.89 bits per heavy atom. The van der Waals surface area contributed by atoms with Gasteiger partial charge in [-0.3, -0.25) is 9.78 Å². The van der Waals surface area contributed by atoms with Gasteiger partial charge in [0.1, 0.15) is 5.82 Å². The number of para-hydroxylation sites is 1. The number of carbonyl (C=O) groups is 1. The normalized spacial score (nSPS) is 18.9. The van der Waals surface area contributed by atoms with E-state index in [1.165, 1.54) is 24.1 Å². The highest BCUT2D eigenvalue weighted by Crippen LogP contribution is 2.41. The molecule has 1 aromatic heterocycles. The van der Waals surface area contributed by atoms with Crippen molar-refractivity contribution in [3.05, 3.63) is 77.2 Å². The number of amides is 1. The molecule has 1 amide bonds. The maximum absolute atomic E-state index is 13.3. The number of hydrogen-bond acceptors (Lipinski definition) is 4. The SMILES string of the molecule is CC(=O)N1N=C(c2cc(C3CC3)nc3ccccc23)O[C@H]1c1ccc(F)cc1. The molecular weight excluding hydrogens is 357 g/mol. The van der Waals surface area contributed by atoms with E-state index in [4.69, 9.17) is 9.72 Å². The summed E-state index contributed by atoms with van der Waals surface area (Å²) >= 11 is 0. The van der Waals surface area contributed by atoms with Crippen LogP contribution in [0, 0.1) is 5.82 Å². The zero-order chi connectivity index (χ0) is 19.3. The molecule has 1 saturated carbocycles. The second-order valence-corrected chi connectivity index (χ2v) is 7.18. The van der Waals surface area contributed by atoms with Gasteiger partial charge in [0.05, 0.1) is 5.52 Å². The van der Waals surface area contributed by atoms with Gasteiger partial charge < -0.3 is 4.74 Å². The summed E-state index contributed by atoms with van der Waals surface area (Å²) in [5, 5.41) is 6.69. The molecule has 2 aliphatic rings. The van der Waals surface area contributed by atoms with E-state index < -0.39 is 6.23 Å². The van der Waals surface area contributed by atoms with Crippen molar-refractivity contribution in [2.45, 2.75) is 31.9 Å². The third-order valence-electron chi connectivity index (χ3n) is 5.08. The maximum Gasteiger partial charge on any atom is 0.243 e. The fraction of sp³-hybridized carbons (Fsp3) is 0.227. The molecule has 0 saturated heterocycles. The molecule has 0 spiro atoms. The molecule has 0 radical (unpaired) electrons. The summed E-state index contributed by atoms with van der Waals surface area (Å²) < 4.78 is 19.4. The average Bonchev–Trinajstić information content (AvgIpc) is 3.46. The fourth-order valence-electron chi connectivity index (χ4n) is 3.48. The zero-order valence-corrected chi connectivity index (χ0v) is 15.3. The third kappa shape index (κ3) is 2.91. The minimum absolute atomic E-state index is 0.245. The molecule has 0 N–H and O–H groups in total. The van der Waals surface area contributed by atoms with Crippen LogP contribution >= 0.6 is 0 Å². The van der Waals surface area contributed by atoms with Crippen LogP contribution in [0.4, 0.5) is 4.39 Å². The van der Waals surface area contributed by atoms with Crippen LogP contribution in [0.15, 0.2) is 59.7 Å². The van der Waals surface area contributed by atoms with Crippen molar-refractivity contribution in [2.24, 2.45) is 5.10 Å². The number of ether oxygens (including phenoxy) is 1. The number of hydrogen-bond donors (Lipinski definition) is 0. The summed E-state index contributed by atoms with van der Waals surface area (Å²) in [6.45, 7) is 1.44. The van der Waals surface area contributed by atoms with Crippen molar-refractivity contribution in [2.75, 3.05) is 0 Å². The van der Waals surface area contributed by atoms with Crippen LogP contribution in [0.25, 0.3) is 10.9 Å². The number of aromatic nitrogens is 1. The minimum Gasteiger partial charge on any atom is -0.446 e. The first-order valence-electron chi connectivity index (χ1n) is 9.31.